The van der Waals surface area contributed by atoms with Gasteiger partial charge in [-0.25, -0.2) is 0 Å². The number of aryl methyl sites for hydroxylation is 2. The first-order valence-electron chi connectivity index (χ1n) is 9.08. The number of hydrogen-bond donors (Lipinski definition) is 1. The summed E-state index contributed by atoms with van der Waals surface area (Å²) in [5, 5.41) is 11.3. The fraction of sp³-hybridized carbons (Fsp3) is 0.632. The lowest BCUT2D eigenvalue weighted by Gasteiger charge is -2.33. The van der Waals surface area contributed by atoms with Crippen LogP contribution in [0.3, 0.4) is 0 Å². The number of nitrogens with zero attached hydrogens (tertiary/aromatic N) is 3. The number of fused-ring (bicyclic) bond motifs is 1. The molecule has 0 saturated carbocycles. The van der Waals surface area contributed by atoms with Gasteiger partial charge in [-0.05, 0) is 38.0 Å². The molecule has 0 bridgehead atoms. The van der Waals surface area contributed by atoms with Gasteiger partial charge < -0.3 is 9.84 Å². The molecule has 25 heavy (non-hydrogen) atoms. The van der Waals surface area contributed by atoms with Gasteiger partial charge in [-0.3, -0.25) is 9.48 Å². The molecule has 1 aliphatic rings. The molecule has 0 fully saturated rings. The predicted molar refractivity (Wildman–Crippen MR) is 95.3 cm³/mol. The van der Waals surface area contributed by atoms with E-state index in [4.69, 9.17) is 4.52 Å². The topological polar surface area (TPSA) is 73.0 Å². The Morgan fingerprint density at radius 3 is 2.84 bits per heavy atom. The molecule has 0 unspecified atom stereocenters. The second-order valence-electron chi connectivity index (χ2n) is 7.99. The van der Waals surface area contributed by atoms with Crippen molar-refractivity contribution < 1.29 is 9.32 Å². The number of aromatic nitrogens is 3. The summed E-state index contributed by atoms with van der Waals surface area (Å²) in [4.78, 5) is 12.6. The molecule has 0 radical (unpaired) electrons. The lowest BCUT2D eigenvalue weighted by molar-refractivity contribution is 0.0940. The highest BCUT2D eigenvalue weighted by Crippen LogP contribution is 2.38. The van der Waals surface area contributed by atoms with Crippen molar-refractivity contribution in [2.45, 2.75) is 67.0 Å². The summed E-state index contributed by atoms with van der Waals surface area (Å²) in [5.74, 6) is 1.25. The van der Waals surface area contributed by atoms with Crippen LogP contribution in [0.1, 0.15) is 67.2 Å². The molecule has 2 aromatic heterocycles. The van der Waals surface area contributed by atoms with E-state index in [1.807, 2.05) is 17.8 Å². The van der Waals surface area contributed by atoms with Gasteiger partial charge in [0.2, 0.25) is 0 Å². The van der Waals surface area contributed by atoms with Crippen molar-refractivity contribution in [1.29, 1.82) is 0 Å². The minimum atomic E-state index is -0.164. The summed E-state index contributed by atoms with van der Waals surface area (Å²) >= 11 is 0. The lowest BCUT2D eigenvalue weighted by Crippen LogP contribution is -2.29. The maximum absolute atomic E-state index is 12.6. The molecule has 1 amide bonds. The van der Waals surface area contributed by atoms with Gasteiger partial charge in [-0.2, -0.15) is 5.10 Å². The van der Waals surface area contributed by atoms with Crippen LogP contribution in [-0.2, 0) is 25.9 Å². The van der Waals surface area contributed by atoms with E-state index in [0.29, 0.717) is 18.2 Å². The second kappa shape index (κ2) is 6.65. The van der Waals surface area contributed by atoms with Crippen LogP contribution in [0.5, 0.6) is 0 Å². The minimum absolute atomic E-state index is 0.164. The van der Waals surface area contributed by atoms with Crippen molar-refractivity contribution in [3.05, 3.63) is 34.5 Å². The van der Waals surface area contributed by atoms with Gasteiger partial charge in [-0.15, -0.1) is 0 Å². The summed E-state index contributed by atoms with van der Waals surface area (Å²) in [7, 11) is 0. The molecular formula is C19H28N4O2. The van der Waals surface area contributed by atoms with Gasteiger partial charge >= 0.3 is 0 Å². The highest BCUT2D eigenvalue weighted by Gasteiger charge is 2.34. The average molecular weight is 344 g/mol. The minimum Gasteiger partial charge on any atom is -0.360 e. The first-order chi connectivity index (χ1) is 11.8. The average Bonchev–Trinajstić information content (AvgIpc) is 3.14. The van der Waals surface area contributed by atoms with Crippen LogP contribution >= 0.6 is 0 Å². The molecule has 3 rings (SSSR count). The zero-order valence-corrected chi connectivity index (χ0v) is 15.8. The van der Waals surface area contributed by atoms with E-state index in [1.54, 1.807) is 0 Å². The summed E-state index contributed by atoms with van der Waals surface area (Å²) in [6.07, 6.45) is 4.62. The summed E-state index contributed by atoms with van der Waals surface area (Å²) in [5.41, 5.74) is 3.77. The van der Waals surface area contributed by atoms with Crippen LogP contribution in [-0.4, -0.2) is 20.8 Å². The third-order valence-electron chi connectivity index (χ3n) is 5.42. The highest BCUT2D eigenvalue weighted by molar-refractivity contribution is 5.93. The number of rotatable bonds is 4. The third kappa shape index (κ3) is 3.48. The smallest absolute Gasteiger partial charge is 0.274 e. The molecule has 6 heteroatoms. The predicted octanol–water partition coefficient (Wildman–Crippen LogP) is 3.28. The molecular weight excluding hydrogens is 316 g/mol. The Morgan fingerprint density at radius 2 is 2.20 bits per heavy atom. The van der Waals surface area contributed by atoms with E-state index in [1.165, 1.54) is 0 Å². The normalized spacial score (nSPS) is 17.4. The van der Waals surface area contributed by atoms with Gasteiger partial charge in [0.25, 0.3) is 5.91 Å². The van der Waals surface area contributed by atoms with Crippen molar-refractivity contribution in [2.75, 3.05) is 0 Å². The molecule has 1 atom stereocenters. The van der Waals surface area contributed by atoms with Gasteiger partial charge in [-0.1, -0.05) is 25.9 Å². The number of hydrogen-bond acceptors (Lipinski definition) is 4. The number of amides is 1. The zero-order chi connectivity index (χ0) is 18.2. The fourth-order valence-electron chi connectivity index (χ4n) is 3.56. The van der Waals surface area contributed by atoms with Crippen LogP contribution in [0.4, 0.5) is 0 Å². The molecule has 1 N–H and O–H groups in total. The summed E-state index contributed by atoms with van der Waals surface area (Å²) in [6.45, 7) is 12.1. The SMILES string of the molecule is CCn1ncc(CNC(=O)c2noc3c2C[C@@H](C(C)(C)C)CC3)c1C. The molecule has 0 saturated heterocycles. The molecule has 136 valence electrons. The van der Waals surface area contributed by atoms with E-state index >= 15 is 0 Å². The maximum atomic E-state index is 12.6. The molecule has 0 spiro atoms. The number of nitrogens with one attached hydrogen (secondary N) is 1. The monoisotopic (exact) mass is 344 g/mol. The van der Waals surface area contributed by atoms with E-state index in [2.05, 4.69) is 43.3 Å². The van der Waals surface area contributed by atoms with Gasteiger partial charge in [0.15, 0.2) is 5.69 Å². The lowest BCUT2D eigenvalue weighted by atomic mass is 9.71. The van der Waals surface area contributed by atoms with E-state index < -0.39 is 0 Å². The standard InChI is InChI=1S/C19H28N4O2/c1-6-23-12(2)13(11-21-23)10-20-18(24)17-15-9-14(19(3,4)5)7-8-16(15)25-22-17/h11,14H,6-10H2,1-5H3,(H,20,24)/t14-/m0/s1. The fourth-order valence-corrected chi connectivity index (χ4v) is 3.56. The third-order valence-corrected chi connectivity index (χ3v) is 5.42. The highest BCUT2D eigenvalue weighted by atomic mass is 16.5. The largest absolute Gasteiger partial charge is 0.360 e. The van der Waals surface area contributed by atoms with Crippen LogP contribution < -0.4 is 5.32 Å². The quantitative estimate of drug-likeness (QED) is 0.924. The van der Waals surface area contributed by atoms with Crippen molar-refractivity contribution in [1.82, 2.24) is 20.3 Å². The Bertz CT molecular complexity index is 767. The van der Waals surface area contributed by atoms with Gasteiger partial charge in [0.05, 0.1) is 6.20 Å². The Labute approximate surface area is 149 Å². The zero-order valence-electron chi connectivity index (χ0n) is 15.8. The van der Waals surface area contributed by atoms with Crippen molar-refractivity contribution >= 4 is 5.91 Å². The maximum Gasteiger partial charge on any atom is 0.274 e. The van der Waals surface area contributed by atoms with E-state index in [9.17, 15) is 4.79 Å². The molecule has 0 aliphatic heterocycles. The summed E-state index contributed by atoms with van der Waals surface area (Å²) in [6, 6.07) is 0. The van der Waals surface area contributed by atoms with E-state index in [-0.39, 0.29) is 11.3 Å². The molecule has 0 aromatic carbocycles. The van der Waals surface area contributed by atoms with E-state index in [0.717, 1.165) is 48.4 Å². The van der Waals surface area contributed by atoms with Crippen LogP contribution in [0.25, 0.3) is 0 Å². The molecule has 2 aromatic rings. The second-order valence-corrected chi connectivity index (χ2v) is 7.99. The van der Waals surface area contributed by atoms with Gasteiger partial charge in [0, 0.05) is 36.3 Å². The molecule has 2 heterocycles. The Morgan fingerprint density at radius 1 is 1.44 bits per heavy atom. The molecule has 6 nitrogen and oxygen atoms in total. The van der Waals surface area contributed by atoms with Crippen LogP contribution in [0.2, 0.25) is 0 Å². The van der Waals surface area contributed by atoms with Crippen molar-refractivity contribution in [3.63, 3.8) is 0 Å². The number of carbonyl (C=O) groups excluding carboxylic acids is 1. The van der Waals surface area contributed by atoms with Crippen LogP contribution in [0.15, 0.2) is 10.7 Å². The Hall–Kier alpha value is -2.11. The Balaban J connectivity index is 1.72. The van der Waals surface area contributed by atoms with Crippen LogP contribution in [0, 0.1) is 18.3 Å². The Kier molecular flexibility index (Phi) is 4.71. The molecule has 1 aliphatic carbocycles. The van der Waals surface area contributed by atoms with Crippen molar-refractivity contribution in [2.24, 2.45) is 11.3 Å². The van der Waals surface area contributed by atoms with Gasteiger partial charge in [0.1, 0.15) is 5.76 Å². The summed E-state index contributed by atoms with van der Waals surface area (Å²) < 4.78 is 7.36. The first-order valence-corrected chi connectivity index (χ1v) is 9.08. The number of carbonyl (C=O) groups is 1. The first kappa shape index (κ1) is 17.7. The van der Waals surface area contributed by atoms with Crippen molar-refractivity contribution in [3.8, 4) is 0 Å².